The van der Waals surface area contributed by atoms with Gasteiger partial charge in [-0.3, -0.25) is 4.90 Å². The fraction of sp³-hybridized carbons (Fsp3) is 0.550. The maximum atomic E-state index is 5.78. The number of ether oxygens (including phenoxy) is 1. The minimum Gasteiger partial charge on any atom is -0.494 e. The molecular weight excluding hydrogens is 298 g/mol. The zero-order valence-electron chi connectivity index (χ0n) is 14.3. The molecule has 0 radical (unpaired) electrons. The minimum atomic E-state index is 0.829. The van der Waals surface area contributed by atoms with Gasteiger partial charge in [0, 0.05) is 37.1 Å². The number of likely N-dealkylation sites (tertiary alicyclic amines) is 1. The Kier molecular flexibility index (Phi) is 3.40. The lowest BCUT2D eigenvalue weighted by molar-refractivity contribution is -0.0194. The molecule has 0 N–H and O–H groups in total. The van der Waals surface area contributed by atoms with E-state index in [0.717, 1.165) is 41.8 Å². The van der Waals surface area contributed by atoms with E-state index in [1.54, 1.807) is 7.11 Å². The van der Waals surface area contributed by atoms with Gasteiger partial charge in [-0.05, 0) is 55.6 Å². The van der Waals surface area contributed by atoms with Gasteiger partial charge in [0.25, 0.3) is 0 Å². The Hall–Kier alpha value is -1.81. The standard InChI is InChI=1S/C20H25N3O/c1-24-20-16(4-2-5-18(20)23-11-3-10-21-23)12-22-13-17(14-6-7-14)19(22)15-8-9-15/h2-5,10-11,14-15,17,19H,6-9,12-13H2,1H3. The highest BCUT2D eigenvalue weighted by Gasteiger charge is 2.52. The van der Waals surface area contributed by atoms with E-state index in [0.29, 0.717) is 0 Å². The Bertz CT molecular complexity index is 718. The van der Waals surface area contributed by atoms with E-state index in [9.17, 15) is 0 Å². The molecule has 3 fully saturated rings. The molecule has 4 nitrogen and oxygen atoms in total. The van der Waals surface area contributed by atoms with Gasteiger partial charge in [0.15, 0.2) is 0 Å². The molecule has 0 bridgehead atoms. The Morgan fingerprint density at radius 3 is 2.62 bits per heavy atom. The molecule has 1 aromatic heterocycles. The second-order valence-corrected chi connectivity index (χ2v) is 7.68. The summed E-state index contributed by atoms with van der Waals surface area (Å²) in [6.07, 6.45) is 9.61. The third-order valence-electron chi connectivity index (χ3n) is 6.04. The molecule has 24 heavy (non-hydrogen) atoms. The first-order chi connectivity index (χ1) is 11.8. The highest BCUT2D eigenvalue weighted by molar-refractivity contribution is 5.51. The SMILES string of the molecule is COc1c(CN2CC(C3CC3)C2C2CC2)cccc1-n1cccn1. The van der Waals surface area contributed by atoms with Gasteiger partial charge in [-0.1, -0.05) is 12.1 Å². The number of benzene rings is 1. The zero-order chi connectivity index (χ0) is 16.1. The summed E-state index contributed by atoms with van der Waals surface area (Å²) in [7, 11) is 1.77. The first-order valence-corrected chi connectivity index (χ1v) is 9.25. The smallest absolute Gasteiger partial charge is 0.149 e. The van der Waals surface area contributed by atoms with Crippen molar-refractivity contribution in [3.63, 3.8) is 0 Å². The quantitative estimate of drug-likeness (QED) is 0.815. The van der Waals surface area contributed by atoms with Crippen LogP contribution in [0.4, 0.5) is 0 Å². The third kappa shape index (κ3) is 2.44. The van der Waals surface area contributed by atoms with Crippen molar-refractivity contribution in [2.24, 2.45) is 17.8 Å². The van der Waals surface area contributed by atoms with Gasteiger partial charge < -0.3 is 4.74 Å². The van der Waals surface area contributed by atoms with E-state index in [-0.39, 0.29) is 0 Å². The van der Waals surface area contributed by atoms with Crippen molar-refractivity contribution in [3.8, 4) is 11.4 Å². The van der Waals surface area contributed by atoms with Crippen molar-refractivity contribution in [2.45, 2.75) is 38.3 Å². The molecule has 0 amide bonds. The topological polar surface area (TPSA) is 30.3 Å². The van der Waals surface area contributed by atoms with Crippen LogP contribution in [0.5, 0.6) is 5.75 Å². The van der Waals surface area contributed by atoms with Crippen molar-refractivity contribution in [2.75, 3.05) is 13.7 Å². The zero-order valence-corrected chi connectivity index (χ0v) is 14.3. The molecule has 2 unspecified atom stereocenters. The largest absolute Gasteiger partial charge is 0.494 e. The van der Waals surface area contributed by atoms with Crippen LogP contribution in [0.2, 0.25) is 0 Å². The van der Waals surface area contributed by atoms with Crippen LogP contribution in [0, 0.1) is 17.8 Å². The van der Waals surface area contributed by atoms with Crippen LogP contribution in [0.25, 0.3) is 5.69 Å². The molecule has 2 aromatic rings. The predicted octanol–water partition coefficient (Wildman–Crippen LogP) is 3.50. The monoisotopic (exact) mass is 323 g/mol. The lowest BCUT2D eigenvalue weighted by atomic mass is 9.81. The van der Waals surface area contributed by atoms with Crippen LogP contribution in [-0.4, -0.2) is 34.4 Å². The number of hydrogen-bond donors (Lipinski definition) is 0. The second-order valence-electron chi connectivity index (χ2n) is 7.68. The van der Waals surface area contributed by atoms with Crippen LogP contribution >= 0.6 is 0 Å². The fourth-order valence-corrected chi connectivity index (χ4v) is 4.58. The summed E-state index contributed by atoms with van der Waals surface area (Å²) in [5.41, 5.74) is 2.31. The summed E-state index contributed by atoms with van der Waals surface area (Å²) in [6.45, 7) is 2.28. The van der Waals surface area contributed by atoms with E-state index >= 15 is 0 Å². The molecule has 126 valence electrons. The molecule has 1 aromatic carbocycles. The number of rotatable bonds is 6. The summed E-state index contributed by atoms with van der Waals surface area (Å²) in [4.78, 5) is 2.70. The van der Waals surface area contributed by atoms with Crippen molar-refractivity contribution >= 4 is 0 Å². The molecule has 2 atom stereocenters. The molecule has 3 aliphatic rings. The predicted molar refractivity (Wildman–Crippen MR) is 93.3 cm³/mol. The first-order valence-electron chi connectivity index (χ1n) is 9.25. The van der Waals surface area contributed by atoms with Gasteiger partial charge in [-0.2, -0.15) is 5.10 Å². The molecule has 5 rings (SSSR count). The third-order valence-corrected chi connectivity index (χ3v) is 6.04. The summed E-state index contributed by atoms with van der Waals surface area (Å²) in [6, 6.07) is 9.19. The van der Waals surface area contributed by atoms with E-state index in [1.807, 2.05) is 23.1 Å². The van der Waals surface area contributed by atoms with E-state index in [2.05, 4.69) is 28.2 Å². The van der Waals surface area contributed by atoms with Crippen molar-refractivity contribution in [1.29, 1.82) is 0 Å². The fourth-order valence-electron chi connectivity index (χ4n) is 4.58. The molecule has 4 heteroatoms. The number of aromatic nitrogens is 2. The van der Waals surface area contributed by atoms with Crippen molar-refractivity contribution in [3.05, 3.63) is 42.2 Å². The summed E-state index contributed by atoms with van der Waals surface area (Å²) in [5.74, 6) is 3.93. The summed E-state index contributed by atoms with van der Waals surface area (Å²) < 4.78 is 7.67. The van der Waals surface area contributed by atoms with E-state index < -0.39 is 0 Å². The van der Waals surface area contributed by atoms with Gasteiger partial charge in [0.05, 0.1) is 7.11 Å². The molecular formula is C20H25N3O. The lowest BCUT2D eigenvalue weighted by Gasteiger charge is -2.49. The average molecular weight is 323 g/mol. The highest BCUT2D eigenvalue weighted by atomic mass is 16.5. The van der Waals surface area contributed by atoms with Gasteiger partial charge in [0.1, 0.15) is 11.4 Å². The number of hydrogen-bond acceptors (Lipinski definition) is 3. The molecule has 2 heterocycles. The Morgan fingerprint density at radius 1 is 1.12 bits per heavy atom. The van der Waals surface area contributed by atoms with Gasteiger partial charge in [0.2, 0.25) is 0 Å². The molecule has 1 saturated heterocycles. The number of nitrogens with zero attached hydrogens (tertiary/aromatic N) is 3. The van der Waals surface area contributed by atoms with Crippen molar-refractivity contribution < 1.29 is 4.74 Å². The Morgan fingerprint density at radius 2 is 1.96 bits per heavy atom. The van der Waals surface area contributed by atoms with Crippen LogP contribution < -0.4 is 4.74 Å². The van der Waals surface area contributed by atoms with Gasteiger partial charge in [-0.15, -0.1) is 0 Å². The van der Waals surface area contributed by atoms with E-state index in [1.165, 1.54) is 37.8 Å². The van der Waals surface area contributed by atoms with E-state index in [4.69, 9.17) is 4.74 Å². The van der Waals surface area contributed by atoms with Gasteiger partial charge >= 0.3 is 0 Å². The summed E-state index contributed by atoms with van der Waals surface area (Å²) >= 11 is 0. The number of methoxy groups -OCH3 is 1. The first kappa shape index (κ1) is 14.5. The second kappa shape index (κ2) is 5.62. The molecule has 1 aliphatic heterocycles. The van der Waals surface area contributed by atoms with Crippen molar-refractivity contribution in [1.82, 2.24) is 14.7 Å². The Balaban J connectivity index is 1.40. The maximum absolute atomic E-state index is 5.78. The van der Waals surface area contributed by atoms with Crippen LogP contribution in [0.1, 0.15) is 31.2 Å². The maximum Gasteiger partial charge on any atom is 0.149 e. The van der Waals surface area contributed by atoms with Crippen LogP contribution in [0.3, 0.4) is 0 Å². The summed E-state index contributed by atoms with van der Waals surface area (Å²) in [5, 5.41) is 4.37. The number of para-hydroxylation sites is 1. The highest BCUT2D eigenvalue weighted by Crippen LogP contribution is 2.52. The molecule has 2 aliphatic carbocycles. The Labute approximate surface area is 143 Å². The van der Waals surface area contributed by atoms with Crippen LogP contribution in [0.15, 0.2) is 36.7 Å². The average Bonchev–Trinajstić information content (AvgIpc) is 3.51. The lowest BCUT2D eigenvalue weighted by Crippen LogP contribution is -2.57. The van der Waals surface area contributed by atoms with Gasteiger partial charge in [-0.25, -0.2) is 4.68 Å². The minimum absolute atomic E-state index is 0.829. The molecule has 2 saturated carbocycles. The normalized spacial score (nSPS) is 27.0. The van der Waals surface area contributed by atoms with Crippen LogP contribution in [-0.2, 0) is 6.54 Å². The molecule has 0 spiro atoms.